The van der Waals surface area contributed by atoms with Crippen LogP contribution in [0.2, 0.25) is 0 Å². The smallest absolute Gasteiger partial charge is 0.331 e. The number of aromatic nitrogens is 2. The summed E-state index contributed by atoms with van der Waals surface area (Å²) in [6.45, 7) is 4.12. The normalized spacial score (nSPS) is 12.8. The fourth-order valence-corrected chi connectivity index (χ4v) is 3.76. The lowest BCUT2D eigenvalue weighted by molar-refractivity contribution is -0.131. The summed E-state index contributed by atoms with van der Waals surface area (Å²) in [4.78, 5) is 10.7. The maximum atomic E-state index is 13.5. The van der Waals surface area contributed by atoms with Gasteiger partial charge in [0.25, 0.3) is 0 Å². The number of para-hydroxylation sites is 1. The van der Waals surface area contributed by atoms with E-state index in [0.29, 0.717) is 24.6 Å². The fourth-order valence-electron chi connectivity index (χ4n) is 3.76. The molecule has 1 heterocycles. The van der Waals surface area contributed by atoms with Gasteiger partial charge in [0, 0.05) is 17.5 Å². The molecular weight excluding hydrogens is 411 g/mol. The van der Waals surface area contributed by atoms with Gasteiger partial charge in [-0.1, -0.05) is 32.0 Å². The second-order valence-electron chi connectivity index (χ2n) is 7.99. The zero-order chi connectivity index (χ0) is 23.3. The van der Waals surface area contributed by atoms with Gasteiger partial charge < -0.3 is 15.3 Å². The summed E-state index contributed by atoms with van der Waals surface area (Å²) >= 11 is 0. The molecule has 0 amide bonds. The average molecular weight is 438 g/mol. The maximum Gasteiger partial charge on any atom is 0.331 e. The van der Waals surface area contributed by atoms with Gasteiger partial charge in [0.1, 0.15) is 11.6 Å². The summed E-state index contributed by atoms with van der Waals surface area (Å²) in [7, 11) is 0. The van der Waals surface area contributed by atoms with Crippen molar-refractivity contribution in [2.75, 3.05) is 0 Å². The molecule has 0 fully saturated rings. The van der Waals surface area contributed by atoms with Crippen molar-refractivity contribution >= 4 is 5.97 Å². The molecule has 0 aliphatic heterocycles. The van der Waals surface area contributed by atoms with Crippen molar-refractivity contribution in [3.63, 3.8) is 0 Å². The first kappa shape index (κ1) is 23.2. The minimum atomic E-state index is -1.26. The van der Waals surface area contributed by atoms with Gasteiger partial charge in [-0.2, -0.15) is 5.10 Å². The standard InChI is InChI=1S/C25H27FN2O4/c1-16(2)25-22(13-12-20(29)14-21(30)15-23(31)32)24(17-8-10-18(26)11-9-17)27-28(25)19-6-4-3-5-7-19/h3-11,15-16,20,29-30H,12-14H2,1-2H3,(H,31,32). The van der Waals surface area contributed by atoms with Crippen LogP contribution in [0.5, 0.6) is 0 Å². The summed E-state index contributed by atoms with van der Waals surface area (Å²) in [5, 5.41) is 33.7. The van der Waals surface area contributed by atoms with Crippen molar-refractivity contribution in [1.29, 1.82) is 0 Å². The third-order valence-corrected chi connectivity index (χ3v) is 5.15. The first-order valence-electron chi connectivity index (χ1n) is 10.5. The number of carboxylic acid groups (broad SMARTS) is 1. The number of aliphatic hydroxyl groups excluding tert-OH is 2. The van der Waals surface area contributed by atoms with Gasteiger partial charge in [0.05, 0.1) is 29.3 Å². The summed E-state index contributed by atoms with van der Waals surface area (Å²) in [5.41, 5.74) is 4.27. The molecule has 0 spiro atoms. The van der Waals surface area contributed by atoms with Crippen molar-refractivity contribution in [2.24, 2.45) is 0 Å². The number of aliphatic hydroxyl groups is 2. The third kappa shape index (κ3) is 5.62. The molecule has 3 rings (SSSR count). The van der Waals surface area contributed by atoms with Gasteiger partial charge in [-0.3, -0.25) is 0 Å². The molecule has 7 heteroatoms. The molecule has 6 nitrogen and oxygen atoms in total. The highest BCUT2D eigenvalue weighted by molar-refractivity contribution is 5.80. The topological polar surface area (TPSA) is 95.6 Å². The number of halogens is 1. The van der Waals surface area contributed by atoms with E-state index in [2.05, 4.69) is 13.8 Å². The van der Waals surface area contributed by atoms with E-state index >= 15 is 0 Å². The Morgan fingerprint density at radius 1 is 1.09 bits per heavy atom. The molecule has 32 heavy (non-hydrogen) atoms. The van der Waals surface area contributed by atoms with E-state index in [9.17, 15) is 19.4 Å². The second-order valence-corrected chi connectivity index (χ2v) is 7.99. The molecule has 0 bridgehead atoms. The van der Waals surface area contributed by atoms with Crippen LogP contribution in [-0.4, -0.2) is 37.2 Å². The Hall–Kier alpha value is -3.45. The molecular formula is C25H27FN2O4. The number of nitrogens with zero attached hydrogens (tertiary/aromatic N) is 2. The summed E-state index contributed by atoms with van der Waals surface area (Å²) in [5.74, 6) is -1.87. The lowest BCUT2D eigenvalue weighted by atomic mass is 9.95. The van der Waals surface area contributed by atoms with Crippen LogP contribution in [0.15, 0.2) is 66.4 Å². The molecule has 0 aliphatic rings. The molecule has 1 unspecified atom stereocenters. The molecule has 3 aromatic rings. The quantitative estimate of drug-likeness (QED) is 0.322. The van der Waals surface area contributed by atoms with E-state index in [-0.39, 0.29) is 23.9 Å². The van der Waals surface area contributed by atoms with Crippen LogP contribution in [0.25, 0.3) is 16.9 Å². The molecule has 2 aromatic carbocycles. The van der Waals surface area contributed by atoms with E-state index in [1.807, 2.05) is 35.0 Å². The molecule has 3 N–H and O–H groups in total. The average Bonchev–Trinajstić information content (AvgIpc) is 3.12. The third-order valence-electron chi connectivity index (χ3n) is 5.15. The number of rotatable bonds is 9. The Kier molecular flexibility index (Phi) is 7.43. The number of hydrogen-bond donors (Lipinski definition) is 3. The SMILES string of the molecule is CC(C)c1c(CCC(O)CC(O)=CC(=O)O)c(-c2ccc(F)cc2)nn1-c1ccccc1. The van der Waals surface area contributed by atoms with E-state index < -0.39 is 12.1 Å². The van der Waals surface area contributed by atoms with Gasteiger partial charge in [-0.25, -0.2) is 13.9 Å². The number of hydrogen-bond acceptors (Lipinski definition) is 4. The lowest BCUT2D eigenvalue weighted by Crippen LogP contribution is -2.11. The molecule has 1 aromatic heterocycles. The van der Waals surface area contributed by atoms with Crippen molar-refractivity contribution in [2.45, 2.75) is 45.1 Å². The number of aliphatic carboxylic acids is 1. The summed E-state index contributed by atoms with van der Waals surface area (Å²) < 4.78 is 15.4. The molecule has 168 valence electrons. The van der Waals surface area contributed by atoms with Gasteiger partial charge in [0.15, 0.2) is 0 Å². The van der Waals surface area contributed by atoms with E-state index in [0.717, 1.165) is 22.5 Å². The molecule has 0 saturated carbocycles. The zero-order valence-electron chi connectivity index (χ0n) is 18.1. The number of benzene rings is 2. The van der Waals surface area contributed by atoms with Gasteiger partial charge in [-0.05, 0) is 55.2 Å². The van der Waals surface area contributed by atoms with E-state index in [1.54, 1.807) is 12.1 Å². The first-order valence-corrected chi connectivity index (χ1v) is 10.5. The van der Waals surface area contributed by atoms with Crippen molar-refractivity contribution in [3.8, 4) is 16.9 Å². The minimum Gasteiger partial charge on any atom is -0.512 e. The second kappa shape index (κ2) is 10.2. The van der Waals surface area contributed by atoms with Gasteiger partial charge >= 0.3 is 5.97 Å². The summed E-state index contributed by atoms with van der Waals surface area (Å²) in [6, 6.07) is 15.8. The van der Waals surface area contributed by atoms with E-state index in [1.165, 1.54) is 12.1 Å². The summed E-state index contributed by atoms with van der Waals surface area (Å²) in [6.07, 6.45) is 0.356. The van der Waals surface area contributed by atoms with E-state index in [4.69, 9.17) is 10.2 Å². The predicted molar refractivity (Wildman–Crippen MR) is 120 cm³/mol. The predicted octanol–water partition coefficient (Wildman–Crippen LogP) is 5.01. The Morgan fingerprint density at radius 2 is 1.75 bits per heavy atom. The van der Waals surface area contributed by atoms with Crippen molar-refractivity contribution < 1.29 is 24.5 Å². The molecule has 0 aliphatic carbocycles. The maximum absolute atomic E-state index is 13.5. The van der Waals surface area contributed by atoms with Crippen LogP contribution < -0.4 is 0 Å². The van der Waals surface area contributed by atoms with Crippen LogP contribution in [0.1, 0.15) is 43.9 Å². The van der Waals surface area contributed by atoms with Gasteiger partial charge in [0.2, 0.25) is 0 Å². The first-order chi connectivity index (χ1) is 15.3. The highest BCUT2D eigenvalue weighted by Gasteiger charge is 2.23. The van der Waals surface area contributed by atoms with Crippen LogP contribution in [0.3, 0.4) is 0 Å². The van der Waals surface area contributed by atoms with Crippen LogP contribution in [-0.2, 0) is 11.2 Å². The Balaban J connectivity index is 2.01. The lowest BCUT2D eigenvalue weighted by Gasteiger charge is -2.15. The van der Waals surface area contributed by atoms with Crippen LogP contribution in [0.4, 0.5) is 4.39 Å². The zero-order valence-corrected chi connectivity index (χ0v) is 18.1. The van der Waals surface area contributed by atoms with Crippen molar-refractivity contribution in [3.05, 3.63) is 83.5 Å². The minimum absolute atomic E-state index is 0.115. The Labute approximate surface area is 186 Å². The largest absolute Gasteiger partial charge is 0.512 e. The number of carbonyl (C=O) groups is 1. The molecule has 0 radical (unpaired) electrons. The highest BCUT2D eigenvalue weighted by atomic mass is 19.1. The molecule has 1 atom stereocenters. The Morgan fingerprint density at radius 3 is 2.34 bits per heavy atom. The molecule has 0 saturated heterocycles. The number of carboxylic acids is 1. The van der Waals surface area contributed by atoms with Crippen molar-refractivity contribution in [1.82, 2.24) is 9.78 Å². The Bertz CT molecular complexity index is 1090. The fraction of sp³-hybridized carbons (Fsp3) is 0.280. The monoisotopic (exact) mass is 438 g/mol. The highest BCUT2D eigenvalue weighted by Crippen LogP contribution is 2.33. The van der Waals surface area contributed by atoms with Gasteiger partial charge in [-0.15, -0.1) is 0 Å². The van der Waals surface area contributed by atoms with Crippen LogP contribution in [0, 0.1) is 5.82 Å². The van der Waals surface area contributed by atoms with Crippen LogP contribution >= 0.6 is 0 Å².